The number of H-pyrrole nitrogens is 1. The number of hydrogen-bond acceptors (Lipinski definition) is 6. The molecule has 0 saturated heterocycles. The van der Waals surface area contributed by atoms with Crippen molar-refractivity contribution in [1.82, 2.24) is 24.4 Å². The SMILES string of the molecule is O=c1[nH]n2c(-c3ccccc3)nnc2n(-c2ccc([N+](=O)[O-])cc2)c1=O. The Hall–Kier alpha value is -4.08. The summed E-state index contributed by atoms with van der Waals surface area (Å²) < 4.78 is 2.36. The number of aromatic amines is 1. The van der Waals surface area contributed by atoms with E-state index in [-0.39, 0.29) is 17.2 Å². The van der Waals surface area contributed by atoms with Gasteiger partial charge < -0.3 is 0 Å². The number of nitro groups is 1. The number of nitrogens with zero attached hydrogens (tertiary/aromatic N) is 5. The normalized spacial score (nSPS) is 10.9. The molecule has 0 spiro atoms. The quantitative estimate of drug-likeness (QED) is 0.335. The maximum absolute atomic E-state index is 12.4. The van der Waals surface area contributed by atoms with Gasteiger partial charge in [-0.3, -0.25) is 24.8 Å². The van der Waals surface area contributed by atoms with E-state index < -0.39 is 16.0 Å². The van der Waals surface area contributed by atoms with Crippen LogP contribution in [0.5, 0.6) is 0 Å². The lowest BCUT2D eigenvalue weighted by Crippen LogP contribution is -2.37. The molecule has 0 radical (unpaired) electrons. The second kappa shape index (κ2) is 5.77. The molecule has 0 aliphatic rings. The third-order valence-corrected chi connectivity index (χ3v) is 3.81. The Labute approximate surface area is 144 Å². The minimum atomic E-state index is -0.868. The van der Waals surface area contributed by atoms with Crippen molar-refractivity contribution >= 4 is 11.5 Å². The topological polar surface area (TPSA) is 128 Å². The highest BCUT2D eigenvalue weighted by Gasteiger charge is 2.17. The van der Waals surface area contributed by atoms with E-state index in [2.05, 4.69) is 15.3 Å². The van der Waals surface area contributed by atoms with Crippen molar-refractivity contribution in [3.63, 3.8) is 0 Å². The van der Waals surface area contributed by atoms with Crippen LogP contribution in [-0.4, -0.2) is 29.3 Å². The second-order valence-electron chi connectivity index (χ2n) is 5.38. The lowest BCUT2D eigenvalue weighted by Gasteiger charge is -2.07. The summed E-state index contributed by atoms with van der Waals surface area (Å²) >= 11 is 0. The molecule has 0 atom stereocenters. The Morgan fingerprint density at radius 3 is 2.31 bits per heavy atom. The molecule has 10 heteroatoms. The first-order valence-electron chi connectivity index (χ1n) is 7.47. The smallest absolute Gasteiger partial charge is 0.262 e. The molecule has 2 aromatic heterocycles. The molecule has 0 unspecified atom stereocenters. The number of aromatic nitrogens is 5. The highest BCUT2D eigenvalue weighted by molar-refractivity contribution is 5.58. The molecule has 10 nitrogen and oxygen atoms in total. The van der Waals surface area contributed by atoms with Crippen molar-refractivity contribution in [3.05, 3.63) is 85.4 Å². The Morgan fingerprint density at radius 2 is 1.65 bits per heavy atom. The zero-order chi connectivity index (χ0) is 18.3. The molecule has 0 fully saturated rings. The zero-order valence-corrected chi connectivity index (χ0v) is 13.1. The van der Waals surface area contributed by atoms with Crippen molar-refractivity contribution in [2.75, 3.05) is 0 Å². The monoisotopic (exact) mass is 350 g/mol. The van der Waals surface area contributed by atoms with Gasteiger partial charge in [-0.05, 0) is 12.1 Å². The van der Waals surface area contributed by atoms with Gasteiger partial charge in [-0.15, -0.1) is 10.2 Å². The predicted octanol–water partition coefficient (Wildman–Crippen LogP) is 1.14. The average Bonchev–Trinajstić information content (AvgIpc) is 3.06. The third kappa shape index (κ3) is 2.36. The summed E-state index contributed by atoms with van der Waals surface area (Å²) in [6.45, 7) is 0. The van der Waals surface area contributed by atoms with E-state index in [1.165, 1.54) is 28.8 Å². The van der Waals surface area contributed by atoms with E-state index in [1.807, 2.05) is 6.07 Å². The van der Waals surface area contributed by atoms with Gasteiger partial charge in [-0.1, -0.05) is 30.3 Å². The summed E-state index contributed by atoms with van der Waals surface area (Å²) in [4.78, 5) is 34.7. The summed E-state index contributed by atoms with van der Waals surface area (Å²) in [5.41, 5.74) is -0.895. The molecule has 0 amide bonds. The molecule has 2 heterocycles. The summed E-state index contributed by atoms with van der Waals surface area (Å²) in [6.07, 6.45) is 0. The van der Waals surface area contributed by atoms with Crippen LogP contribution >= 0.6 is 0 Å². The van der Waals surface area contributed by atoms with E-state index in [4.69, 9.17) is 0 Å². The van der Waals surface area contributed by atoms with Crippen LogP contribution < -0.4 is 11.1 Å². The van der Waals surface area contributed by atoms with Crippen molar-refractivity contribution in [2.45, 2.75) is 0 Å². The lowest BCUT2D eigenvalue weighted by atomic mass is 10.2. The van der Waals surface area contributed by atoms with Gasteiger partial charge in [0.2, 0.25) is 0 Å². The zero-order valence-electron chi connectivity index (χ0n) is 13.1. The van der Waals surface area contributed by atoms with Crippen LogP contribution in [0.4, 0.5) is 5.69 Å². The number of non-ortho nitro benzene ring substituents is 1. The van der Waals surface area contributed by atoms with Gasteiger partial charge in [0.1, 0.15) is 0 Å². The number of nitro benzene ring substituents is 1. The molecule has 0 bridgehead atoms. The minimum absolute atomic E-state index is 0.0855. The lowest BCUT2D eigenvalue weighted by molar-refractivity contribution is -0.384. The number of rotatable bonds is 3. The Morgan fingerprint density at radius 1 is 0.962 bits per heavy atom. The number of hydrogen-bond donors (Lipinski definition) is 1. The summed E-state index contributed by atoms with van der Waals surface area (Å²) in [5.74, 6) is 0.440. The van der Waals surface area contributed by atoms with Gasteiger partial charge in [-0.25, -0.2) is 4.57 Å². The van der Waals surface area contributed by atoms with E-state index >= 15 is 0 Å². The average molecular weight is 350 g/mol. The van der Waals surface area contributed by atoms with Crippen molar-refractivity contribution in [3.8, 4) is 17.1 Å². The predicted molar refractivity (Wildman–Crippen MR) is 91.3 cm³/mol. The highest BCUT2D eigenvalue weighted by atomic mass is 16.6. The van der Waals surface area contributed by atoms with E-state index in [1.54, 1.807) is 24.3 Å². The van der Waals surface area contributed by atoms with Gasteiger partial charge in [0.15, 0.2) is 5.82 Å². The maximum atomic E-state index is 12.4. The van der Waals surface area contributed by atoms with E-state index in [0.717, 1.165) is 4.57 Å². The number of nitrogens with one attached hydrogen (secondary N) is 1. The molecule has 26 heavy (non-hydrogen) atoms. The molecular weight excluding hydrogens is 340 g/mol. The summed E-state index contributed by atoms with van der Waals surface area (Å²) in [7, 11) is 0. The maximum Gasteiger partial charge on any atom is 0.329 e. The fourth-order valence-corrected chi connectivity index (χ4v) is 2.60. The van der Waals surface area contributed by atoms with Crippen LogP contribution in [-0.2, 0) is 0 Å². The Bertz CT molecular complexity index is 1240. The largest absolute Gasteiger partial charge is 0.329 e. The molecule has 1 N–H and O–H groups in total. The molecule has 4 aromatic rings. The third-order valence-electron chi connectivity index (χ3n) is 3.81. The Kier molecular flexibility index (Phi) is 3.43. The fourth-order valence-electron chi connectivity index (χ4n) is 2.60. The van der Waals surface area contributed by atoms with Crippen LogP contribution in [0, 0.1) is 10.1 Å². The Balaban J connectivity index is 1.99. The highest BCUT2D eigenvalue weighted by Crippen LogP contribution is 2.18. The van der Waals surface area contributed by atoms with Crippen molar-refractivity contribution in [1.29, 1.82) is 0 Å². The summed E-state index contributed by atoms with van der Waals surface area (Å²) in [5, 5.41) is 21.3. The first-order chi connectivity index (χ1) is 12.6. The van der Waals surface area contributed by atoms with Crippen LogP contribution in [0.25, 0.3) is 22.9 Å². The van der Waals surface area contributed by atoms with E-state index in [0.29, 0.717) is 11.4 Å². The molecule has 2 aromatic carbocycles. The van der Waals surface area contributed by atoms with Crippen molar-refractivity contribution < 1.29 is 4.92 Å². The van der Waals surface area contributed by atoms with Crippen LogP contribution in [0.15, 0.2) is 64.2 Å². The molecule has 128 valence electrons. The summed E-state index contributed by atoms with van der Waals surface area (Å²) in [6, 6.07) is 14.3. The van der Waals surface area contributed by atoms with Crippen LogP contribution in [0.1, 0.15) is 0 Å². The molecule has 0 aliphatic carbocycles. The first kappa shape index (κ1) is 15.4. The number of benzene rings is 2. The van der Waals surface area contributed by atoms with Gasteiger partial charge in [0.05, 0.1) is 10.6 Å². The van der Waals surface area contributed by atoms with E-state index in [9.17, 15) is 19.7 Å². The van der Waals surface area contributed by atoms with Gasteiger partial charge in [-0.2, -0.15) is 4.52 Å². The second-order valence-corrected chi connectivity index (χ2v) is 5.38. The standard InChI is InChI=1S/C16H10N6O4/c23-14-15(24)20(11-6-8-12(9-7-11)22(25)26)16-18-17-13(21(16)19-14)10-4-2-1-3-5-10/h1-9H,(H,19,23). The molecule has 0 saturated carbocycles. The molecule has 4 rings (SSSR count). The first-order valence-corrected chi connectivity index (χ1v) is 7.47. The van der Waals surface area contributed by atoms with Gasteiger partial charge >= 0.3 is 11.1 Å². The molecular formula is C16H10N6O4. The van der Waals surface area contributed by atoms with Crippen LogP contribution in [0.2, 0.25) is 0 Å². The number of fused-ring (bicyclic) bond motifs is 1. The van der Waals surface area contributed by atoms with Crippen molar-refractivity contribution in [2.24, 2.45) is 0 Å². The van der Waals surface area contributed by atoms with Gasteiger partial charge in [0.25, 0.3) is 11.5 Å². The van der Waals surface area contributed by atoms with Gasteiger partial charge in [0, 0.05) is 17.7 Å². The fraction of sp³-hybridized carbons (Fsp3) is 0. The van der Waals surface area contributed by atoms with Crippen LogP contribution in [0.3, 0.4) is 0 Å². The molecule has 0 aliphatic heterocycles. The minimum Gasteiger partial charge on any atom is -0.262 e.